The summed E-state index contributed by atoms with van der Waals surface area (Å²) in [6, 6.07) is 0. The lowest BCUT2D eigenvalue weighted by Gasteiger charge is -2.57. The van der Waals surface area contributed by atoms with Crippen LogP contribution < -0.4 is 0 Å². The fourth-order valence-corrected chi connectivity index (χ4v) is 2.37. The Morgan fingerprint density at radius 1 is 1.33 bits per heavy atom. The van der Waals surface area contributed by atoms with Gasteiger partial charge in [-0.3, -0.25) is 0 Å². The maximum Gasteiger partial charge on any atom is 0.0694 e. The van der Waals surface area contributed by atoms with Gasteiger partial charge < -0.3 is 9.84 Å². The summed E-state index contributed by atoms with van der Waals surface area (Å²) in [5.41, 5.74) is -0.471. The van der Waals surface area contributed by atoms with E-state index in [0.29, 0.717) is 5.92 Å². The van der Waals surface area contributed by atoms with Crippen LogP contribution in [0.1, 0.15) is 33.1 Å². The summed E-state index contributed by atoms with van der Waals surface area (Å²) in [6.45, 7) is 5.38. The highest BCUT2D eigenvalue weighted by Gasteiger charge is 2.56. The lowest BCUT2D eigenvalue weighted by Crippen LogP contribution is -2.62. The first-order valence-corrected chi connectivity index (χ1v) is 4.86. The molecule has 12 heavy (non-hydrogen) atoms. The molecule has 1 aliphatic heterocycles. The van der Waals surface area contributed by atoms with Gasteiger partial charge in [0.25, 0.3) is 0 Å². The zero-order chi connectivity index (χ0) is 8.82. The fourth-order valence-electron chi connectivity index (χ4n) is 2.37. The van der Waals surface area contributed by atoms with E-state index in [1.54, 1.807) is 0 Å². The van der Waals surface area contributed by atoms with Crippen molar-refractivity contribution in [3.8, 4) is 0 Å². The molecule has 1 heterocycles. The van der Waals surface area contributed by atoms with Gasteiger partial charge in [-0.2, -0.15) is 0 Å². The van der Waals surface area contributed by atoms with Gasteiger partial charge in [0.05, 0.1) is 18.8 Å². The van der Waals surface area contributed by atoms with Crippen molar-refractivity contribution in [2.75, 3.05) is 13.2 Å². The smallest absolute Gasteiger partial charge is 0.0694 e. The highest BCUT2D eigenvalue weighted by Crippen LogP contribution is 2.52. The molecule has 1 saturated heterocycles. The van der Waals surface area contributed by atoms with E-state index in [1.165, 1.54) is 19.3 Å². The molecule has 2 nitrogen and oxygen atoms in total. The Morgan fingerprint density at radius 3 is 2.00 bits per heavy atom. The Kier molecular flexibility index (Phi) is 1.74. The van der Waals surface area contributed by atoms with Crippen molar-refractivity contribution in [1.29, 1.82) is 0 Å². The summed E-state index contributed by atoms with van der Waals surface area (Å²) < 4.78 is 5.26. The molecule has 2 fully saturated rings. The van der Waals surface area contributed by atoms with Gasteiger partial charge in [0, 0.05) is 5.41 Å². The molecular weight excluding hydrogens is 152 g/mol. The van der Waals surface area contributed by atoms with E-state index >= 15 is 0 Å². The Bertz CT molecular complexity index is 173. The summed E-state index contributed by atoms with van der Waals surface area (Å²) in [6.07, 6.45) is 3.91. The van der Waals surface area contributed by atoms with Crippen molar-refractivity contribution in [3.63, 3.8) is 0 Å². The Morgan fingerprint density at radius 2 is 1.92 bits per heavy atom. The highest BCUT2D eigenvalue weighted by molar-refractivity contribution is 5.04. The standard InChI is InChI=1S/C10H18O2/c1-9(2,11)10(6-12-7-10)8-4-3-5-8/h8,11H,3-7H2,1-2H3. The molecular formula is C10H18O2. The van der Waals surface area contributed by atoms with E-state index in [4.69, 9.17) is 4.74 Å². The first kappa shape index (κ1) is 8.52. The molecule has 1 saturated carbocycles. The van der Waals surface area contributed by atoms with Gasteiger partial charge in [-0.1, -0.05) is 6.42 Å². The minimum Gasteiger partial charge on any atom is -0.390 e. The summed E-state index contributed by atoms with van der Waals surface area (Å²) in [4.78, 5) is 0. The fraction of sp³-hybridized carbons (Fsp3) is 1.00. The van der Waals surface area contributed by atoms with Gasteiger partial charge in [0.2, 0.25) is 0 Å². The summed E-state index contributed by atoms with van der Waals surface area (Å²) in [7, 11) is 0. The predicted molar refractivity (Wildman–Crippen MR) is 46.9 cm³/mol. The molecule has 0 aromatic rings. The van der Waals surface area contributed by atoms with Crippen LogP contribution in [0.2, 0.25) is 0 Å². The molecule has 1 N–H and O–H groups in total. The topological polar surface area (TPSA) is 29.5 Å². The Balaban J connectivity index is 2.12. The third-order valence-corrected chi connectivity index (χ3v) is 3.82. The summed E-state index contributed by atoms with van der Waals surface area (Å²) in [5, 5.41) is 10.0. The van der Waals surface area contributed by atoms with Crippen molar-refractivity contribution in [1.82, 2.24) is 0 Å². The van der Waals surface area contributed by atoms with Crippen LogP contribution in [0.15, 0.2) is 0 Å². The van der Waals surface area contributed by atoms with Gasteiger partial charge in [0.1, 0.15) is 0 Å². The second-order valence-corrected chi connectivity index (χ2v) is 4.84. The number of aliphatic hydroxyl groups is 1. The molecule has 0 aromatic carbocycles. The molecule has 0 radical (unpaired) electrons. The SMILES string of the molecule is CC(C)(O)C1(C2CCC2)COC1. The molecule has 0 bridgehead atoms. The number of ether oxygens (including phenoxy) is 1. The second-order valence-electron chi connectivity index (χ2n) is 4.84. The number of hydrogen-bond acceptors (Lipinski definition) is 2. The van der Waals surface area contributed by atoms with Crippen LogP contribution in [0.5, 0.6) is 0 Å². The first-order chi connectivity index (χ1) is 5.56. The second kappa shape index (κ2) is 2.46. The molecule has 0 spiro atoms. The van der Waals surface area contributed by atoms with Crippen LogP contribution in [-0.4, -0.2) is 23.9 Å². The van der Waals surface area contributed by atoms with E-state index < -0.39 is 5.60 Å². The number of hydrogen-bond donors (Lipinski definition) is 1. The van der Waals surface area contributed by atoms with Crippen molar-refractivity contribution in [2.24, 2.45) is 11.3 Å². The molecule has 0 atom stereocenters. The van der Waals surface area contributed by atoms with Crippen LogP contribution in [0, 0.1) is 11.3 Å². The Hall–Kier alpha value is -0.0800. The van der Waals surface area contributed by atoms with Crippen molar-refractivity contribution in [3.05, 3.63) is 0 Å². The van der Waals surface area contributed by atoms with Crippen LogP contribution in [0.4, 0.5) is 0 Å². The lowest BCUT2D eigenvalue weighted by atomic mass is 9.57. The third-order valence-electron chi connectivity index (χ3n) is 3.82. The Labute approximate surface area is 73.9 Å². The minimum atomic E-state index is -0.559. The average molecular weight is 170 g/mol. The third kappa shape index (κ3) is 0.944. The van der Waals surface area contributed by atoms with E-state index in [-0.39, 0.29) is 5.41 Å². The molecule has 0 unspecified atom stereocenters. The van der Waals surface area contributed by atoms with Crippen LogP contribution >= 0.6 is 0 Å². The normalized spacial score (nSPS) is 29.2. The molecule has 1 aliphatic carbocycles. The zero-order valence-electron chi connectivity index (χ0n) is 7.97. The van der Waals surface area contributed by atoms with Gasteiger partial charge in [-0.15, -0.1) is 0 Å². The predicted octanol–water partition coefficient (Wildman–Crippen LogP) is 1.57. The number of rotatable bonds is 2. The molecule has 70 valence electrons. The van der Waals surface area contributed by atoms with E-state index in [2.05, 4.69) is 0 Å². The molecule has 0 amide bonds. The highest BCUT2D eigenvalue weighted by atomic mass is 16.5. The monoisotopic (exact) mass is 170 g/mol. The van der Waals surface area contributed by atoms with Crippen molar-refractivity contribution in [2.45, 2.75) is 38.7 Å². The molecule has 0 aromatic heterocycles. The quantitative estimate of drug-likeness (QED) is 0.681. The molecule has 2 aliphatic rings. The van der Waals surface area contributed by atoms with Crippen molar-refractivity contribution >= 4 is 0 Å². The van der Waals surface area contributed by atoms with Crippen LogP contribution in [0.3, 0.4) is 0 Å². The van der Waals surface area contributed by atoms with Gasteiger partial charge >= 0.3 is 0 Å². The average Bonchev–Trinajstić information content (AvgIpc) is 1.68. The summed E-state index contributed by atoms with van der Waals surface area (Å²) >= 11 is 0. The first-order valence-electron chi connectivity index (χ1n) is 4.86. The lowest BCUT2D eigenvalue weighted by molar-refractivity contribution is -0.247. The van der Waals surface area contributed by atoms with Crippen LogP contribution in [-0.2, 0) is 4.74 Å². The summed E-state index contributed by atoms with van der Waals surface area (Å²) in [5.74, 6) is 0.714. The van der Waals surface area contributed by atoms with Crippen LogP contribution in [0.25, 0.3) is 0 Å². The van der Waals surface area contributed by atoms with Gasteiger partial charge in [-0.05, 0) is 32.6 Å². The minimum absolute atomic E-state index is 0.0885. The molecule has 2 heteroatoms. The van der Waals surface area contributed by atoms with Crippen molar-refractivity contribution < 1.29 is 9.84 Å². The largest absolute Gasteiger partial charge is 0.390 e. The van der Waals surface area contributed by atoms with Gasteiger partial charge in [-0.25, -0.2) is 0 Å². The van der Waals surface area contributed by atoms with E-state index in [1.807, 2.05) is 13.8 Å². The molecule has 2 rings (SSSR count). The maximum absolute atomic E-state index is 10.0. The van der Waals surface area contributed by atoms with Gasteiger partial charge in [0.15, 0.2) is 0 Å². The van der Waals surface area contributed by atoms with E-state index in [9.17, 15) is 5.11 Å². The van der Waals surface area contributed by atoms with E-state index in [0.717, 1.165) is 13.2 Å². The maximum atomic E-state index is 10.0. The zero-order valence-corrected chi connectivity index (χ0v) is 7.97.